The van der Waals surface area contributed by atoms with Gasteiger partial charge in [0, 0.05) is 5.75 Å². The van der Waals surface area contributed by atoms with Crippen LogP contribution in [-0.4, -0.2) is 7.11 Å². The number of methoxy groups -OCH3 is 1. The van der Waals surface area contributed by atoms with Crippen LogP contribution in [0, 0.1) is 77.7 Å². The van der Waals surface area contributed by atoms with Crippen molar-refractivity contribution in [3.63, 3.8) is 0 Å². The standard InChI is InChI=1S/C7H7O.2C5H5.CH3.Ti/c1-8-7-5-3-2-4-6-7;2*1-2-4-5-3-1;;/h2-5H,1H3;2*1-5H;1H3;/q-1;;;-1;+2. The minimum atomic E-state index is 0. The number of hydrogen-bond acceptors (Lipinski definition) is 1. The first-order valence-corrected chi connectivity index (χ1v) is 5.77. The number of hydrogen-bond donors (Lipinski definition) is 0. The average Bonchev–Trinajstić information content (AvgIpc) is 3.17. The summed E-state index contributed by atoms with van der Waals surface area (Å²) in [6, 6.07) is 10.4. The second-order valence-electron chi connectivity index (χ2n) is 3.36. The monoisotopic (exact) mass is 300 g/mol. The molecular weight excluding hydrogens is 280 g/mol. The summed E-state index contributed by atoms with van der Waals surface area (Å²) in [5, 5.41) is 0. The van der Waals surface area contributed by atoms with Gasteiger partial charge in [0.1, 0.15) is 0 Å². The molecule has 0 amide bonds. The van der Waals surface area contributed by atoms with Crippen molar-refractivity contribution in [2.75, 3.05) is 7.11 Å². The molecule has 2 aliphatic rings. The molecule has 0 heterocycles. The predicted molar refractivity (Wildman–Crippen MR) is 81.2 cm³/mol. The van der Waals surface area contributed by atoms with Crippen LogP contribution >= 0.6 is 0 Å². The molecule has 1 aromatic carbocycles. The maximum Gasteiger partial charge on any atom is 2.00 e. The van der Waals surface area contributed by atoms with E-state index in [1.807, 2.05) is 88.5 Å². The molecule has 0 spiro atoms. The summed E-state index contributed by atoms with van der Waals surface area (Å²) in [5.74, 6) is 0.785. The Kier molecular flexibility index (Phi) is 18.5. The summed E-state index contributed by atoms with van der Waals surface area (Å²) >= 11 is 0. The number of benzene rings is 1. The van der Waals surface area contributed by atoms with Crippen LogP contribution in [0.1, 0.15) is 0 Å². The van der Waals surface area contributed by atoms with Gasteiger partial charge >= 0.3 is 21.7 Å². The van der Waals surface area contributed by atoms with Gasteiger partial charge in [-0.05, 0) is 64.2 Å². The van der Waals surface area contributed by atoms with E-state index < -0.39 is 0 Å². The predicted octanol–water partition coefficient (Wildman–Crippen LogP) is 3.99. The van der Waals surface area contributed by atoms with E-state index in [0.29, 0.717) is 0 Å². The first-order chi connectivity index (χ1) is 8.93. The van der Waals surface area contributed by atoms with E-state index in [2.05, 4.69) is 6.07 Å². The van der Waals surface area contributed by atoms with Gasteiger partial charge in [-0.1, -0.05) is 0 Å². The Bertz CT molecular complexity index is 241. The van der Waals surface area contributed by atoms with Gasteiger partial charge in [-0.2, -0.15) is 18.2 Å². The molecule has 1 nitrogen and oxygen atoms in total. The number of rotatable bonds is 1. The van der Waals surface area contributed by atoms with E-state index in [9.17, 15) is 0 Å². The molecule has 0 bridgehead atoms. The third-order valence-electron chi connectivity index (χ3n) is 2.01. The Morgan fingerprint density at radius 2 is 1.15 bits per heavy atom. The molecule has 0 aromatic heterocycles. The molecule has 1 aromatic rings. The fourth-order valence-electron chi connectivity index (χ4n) is 1.15. The van der Waals surface area contributed by atoms with Crippen LogP contribution in [0.2, 0.25) is 0 Å². The van der Waals surface area contributed by atoms with Crippen molar-refractivity contribution in [2.24, 2.45) is 0 Å². The van der Waals surface area contributed by atoms with Gasteiger partial charge in [-0.15, -0.1) is 12.1 Å². The minimum Gasteiger partial charge on any atom is -0.523 e. The molecule has 2 aliphatic carbocycles. The molecule has 10 radical (unpaired) electrons. The van der Waals surface area contributed by atoms with Crippen molar-refractivity contribution in [1.82, 2.24) is 0 Å². The van der Waals surface area contributed by atoms with E-state index in [1.54, 1.807) is 7.11 Å². The maximum absolute atomic E-state index is 4.86. The van der Waals surface area contributed by atoms with E-state index >= 15 is 0 Å². The molecule has 20 heavy (non-hydrogen) atoms. The quantitative estimate of drug-likeness (QED) is 0.563. The second kappa shape index (κ2) is 16.8. The van der Waals surface area contributed by atoms with Crippen LogP contribution in [0.3, 0.4) is 0 Å². The van der Waals surface area contributed by atoms with Gasteiger partial charge in [0.05, 0.1) is 7.11 Å². The zero-order valence-corrected chi connectivity index (χ0v) is 13.6. The van der Waals surface area contributed by atoms with Gasteiger partial charge in [-0.25, -0.2) is 0 Å². The van der Waals surface area contributed by atoms with E-state index in [0.717, 1.165) is 5.75 Å². The SMILES string of the molecule is COc1[c-]cccc1.[CH3-].[CH]1[CH][CH][CH][CH]1.[CH]1[CH][CH][CH][CH]1.[Ti+2]. The van der Waals surface area contributed by atoms with Crippen molar-refractivity contribution in [1.29, 1.82) is 0 Å². The van der Waals surface area contributed by atoms with Crippen molar-refractivity contribution >= 4 is 0 Å². The van der Waals surface area contributed by atoms with Crippen molar-refractivity contribution in [3.05, 3.63) is 102 Å². The third-order valence-corrected chi connectivity index (χ3v) is 2.01. The molecule has 0 unspecified atom stereocenters. The molecule has 3 rings (SSSR count). The molecule has 0 N–H and O–H groups in total. The van der Waals surface area contributed by atoms with Crippen LogP contribution in [-0.2, 0) is 21.7 Å². The molecule has 0 saturated heterocycles. The van der Waals surface area contributed by atoms with Crippen LogP contribution in [0.5, 0.6) is 5.75 Å². The Morgan fingerprint density at radius 3 is 1.35 bits per heavy atom. The largest absolute Gasteiger partial charge is 2.00 e. The van der Waals surface area contributed by atoms with E-state index in [1.165, 1.54) is 0 Å². The Hall–Kier alpha value is -0.266. The number of para-hydroxylation sites is 1. The zero-order valence-electron chi connectivity index (χ0n) is 12.0. The Balaban J connectivity index is 0. The van der Waals surface area contributed by atoms with Crippen molar-refractivity contribution in [3.8, 4) is 5.75 Å². The number of ether oxygens (including phenoxy) is 1. The topological polar surface area (TPSA) is 9.23 Å². The average molecular weight is 300 g/mol. The van der Waals surface area contributed by atoms with Crippen LogP contribution < -0.4 is 4.74 Å². The van der Waals surface area contributed by atoms with Gasteiger partial charge < -0.3 is 12.2 Å². The van der Waals surface area contributed by atoms with Gasteiger partial charge in [0.25, 0.3) is 0 Å². The van der Waals surface area contributed by atoms with Crippen LogP contribution in [0.25, 0.3) is 0 Å². The Morgan fingerprint density at radius 1 is 0.750 bits per heavy atom. The smallest absolute Gasteiger partial charge is 0.523 e. The van der Waals surface area contributed by atoms with Gasteiger partial charge in [0.2, 0.25) is 0 Å². The normalized spacial score (nSPS) is 15.4. The Labute approximate surface area is 141 Å². The maximum atomic E-state index is 4.86. The van der Waals surface area contributed by atoms with E-state index in [4.69, 9.17) is 4.74 Å². The molecule has 2 fully saturated rings. The molecule has 0 atom stereocenters. The second-order valence-corrected chi connectivity index (χ2v) is 3.36. The summed E-state index contributed by atoms with van der Waals surface area (Å²) in [5.41, 5.74) is 0. The van der Waals surface area contributed by atoms with Crippen molar-refractivity contribution < 1.29 is 26.5 Å². The first kappa shape index (κ1) is 22.0. The van der Waals surface area contributed by atoms with Crippen LogP contribution in [0.15, 0.2) is 24.3 Å². The summed E-state index contributed by atoms with van der Waals surface area (Å²) in [6.45, 7) is 0. The molecule has 2 saturated carbocycles. The molecular formula is C18H20OTi. The molecule has 0 aliphatic heterocycles. The summed E-state index contributed by atoms with van der Waals surface area (Å²) in [6.07, 6.45) is 20.0. The zero-order chi connectivity index (χ0) is 12.9. The summed E-state index contributed by atoms with van der Waals surface area (Å²) < 4.78 is 4.86. The van der Waals surface area contributed by atoms with Crippen molar-refractivity contribution in [2.45, 2.75) is 0 Å². The fraction of sp³-hybridized carbons (Fsp3) is 0.0556. The molecule has 102 valence electrons. The van der Waals surface area contributed by atoms with E-state index in [-0.39, 0.29) is 29.1 Å². The third kappa shape index (κ3) is 12.8. The van der Waals surface area contributed by atoms with Crippen LogP contribution in [0.4, 0.5) is 0 Å². The minimum absolute atomic E-state index is 0. The fourth-order valence-corrected chi connectivity index (χ4v) is 1.15. The summed E-state index contributed by atoms with van der Waals surface area (Å²) in [4.78, 5) is 0. The first-order valence-electron chi connectivity index (χ1n) is 5.77. The molecule has 2 heteroatoms. The van der Waals surface area contributed by atoms with Gasteiger partial charge in [-0.3, -0.25) is 0 Å². The van der Waals surface area contributed by atoms with Gasteiger partial charge in [0.15, 0.2) is 0 Å². The summed E-state index contributed by atoms with van der Waals surface area (Å²) in [7, 11) is 1.63.